The van der Waals surface area contributed by atoms with Gasteiger partial charge >= 0.3 is 0 Å². The van der Waals surface area contributed by atoms with Crippen LogP contribution in [0.3, 0.4) is 0 Å². The van der Waals surface area contributed by atoms with Crippen molar-refractivity contribution in [1.29, 1.82) is 0 Å². The van der Waals surface area contributed by atoms with Gasteiger partial charge in [-0.1, -0.05) is 13.8 Å². The fourth-order valence-electron chi connectivity index (χ4n) is 3.67. The number of hydrogen-bond acceptors (Lipinski definition) is 6. The largest absolute Gasteiger partial charge is 0.379 e. The maximum absolute atomic E-state index is 12.7. The molecule has 1 unspecified atom stereocenters. The van der Waals surface area contributed by atoms with Gasteiger partial charge in [0.2, 0.25) is 21.8 Å². The maximum Gasteiger partial charge on any atom is 0.243 e. The van der Waals surface area contributed by atoms with Crippen LogP contribution in [0.4, 0.5) is 5.69 Å². The topological polar surface area (TPSA) is 108 Å². The summed E-state index contributed by atoms with van der Waals surface area (Å²) in [7, 11) is -3.56. The van der Waals surface area contributed by atoms with Crippen LogP contribution in [0, 0.1) is 5.92 Å². The van der Waals surface area contributed by atoms with Crippen LogP contribution >= 0.6 is 0 Å². The minimum Gasteiger partial charge on any atom is -0.379 e. The summed E-state index contributed by atoms with van der Waals surface area (Å²) in [5, 5.41) is 5.61. The first-order chi connectivity index (χ1) is 13.8. The molecule has 10 heteroatoms. The molecule has 0 aromatic heterocycles. The molecule has 2 aliphatic heterocycles. The van der Waals surface area contributed by atoms with Crippen molar-refractivity contribution in [3.05, 3.63) is 24.3 Å². The lowest BCUT2D eigenvalue weighted by Crippen LogP contribution is -2.58. The lowest BCUT2D eigenvalue weighted by molar-refractivity contribution is -0.132. The second-order valence-corrected chi connectivity index (χ2v) is 9.48. The maximum atomic E-state index is 12.7. The number of benzene rings is 1. The molecule has 29 heavy (non-hydrogen) atoms. The third-order valence-corrected chi connectivity index (χ3v) is 7.00. The van der Waals surface area contributed by atoms with Crippen LogP contribution in [-0.4, -0.2) is 81.4 Å². The molecule has 160 valence electrons. The van der Waals surface area contributed by atoms with Crippen LogP contribution in [0.15, 0.2) is 29.2 Å². The van der Waals surface area contributed by atoms with Crippen molar-refractivity contribution in [2.24, 2.45) is 5.92 Å². The van der Waals surface area contributed by atoms with E-state index in [9.17, 15) is 18.0 Å². The lowest BCUT2D eigenvalue weighted by Gasteiger charge is -2.36. The molecule has 1 atom stereocenters. The number of carbonyl (C=O) groups excluding carboxylic acids is 2. The minimum atomic E-state index is -3.56. The lowest BCUT2D eigenvalue weighted by atomic mass is 10.00. The Kier molecular flexibility index (Phi) is 6.89. The predicted molar refractivity (Wildman–Crippen MR) is 108 cm³/mol. The fraction of sp³-hybridized carbons (Fsp3) is 0.579. The highest BCUT2D eigenvalue weighted by Gasteiger charge is 2.33. The number of carbonyl (C=O) groups is 2. The van der Waals surface area contributed by atoms with Crippen molar-refractivity contribution in [3.63, 3.8) is 0 Å². The Morgan fingerprint density at radius 1 is 1.21 bits per heavy atom. The standard InChI is InChI=1S/C19H28N4O5S/c1-14(2)18-19(25)20-7-8-22(18)13-17(24)21-15-3-5-16(6-4-15)29(26,27)23-9-11-28-12-10-23/h3-6,14,18H,7-13H2,1-2H3,(H,20,25)(H,21,24). The molecular formula is C19H28N4O5S. The van der Waals surface area contributed by atoms with Crippen LogP contribution in [-0.2, 0) is 24.3 Å². The summed E-state index contributed by atoms with van der Waals surface area (Å²) in [4.78, 5) is 26.6. The monoisotopic (exact) mass is 424 g/mol. The average Bonchev–Trinajstić information content (AvgIpc) is 2.69. The smallest absolute Gasteiger partial charge is 0.243 e. The van der Waals surface area contributed by atoms with Crippen LogP contribution in [0.2, 0.25) is 0 Å². The first-order valence-corrected chi connectivity index (χ1v) is 11.2. The molecule has 2 aliphatic rings. The number of nitrogens with one attached hydrogen (secondary N) is 2. The molecule has 2 amide bonds. The van der Waals surface area contributed by atoms with E-state index in [1.807, 2.05) is 18.7 Å². The molecule has 0 spiro atoms. The van der Waals surface area contributed by atoms with Crippen LogP contribution in [0.25, 0.3) is 0 Å². The summed E-state index contributed by atoms with van der Waals surface area (Å²) in [6, 6.07) is 5.80. The Hall–Kier alpha value is -2.01. The van der Waals surface area contributed by atoms with Crippen molar-refractivity contribution >= 4 is 27.5 Å². The van der Waals surface area contributed by atoms with E-state index in [0.29, 0.717) is 45.1 Å². The number of anilines is 1. The summed E-state index contributed by atoms with van der Waals surface area (Å²) in [6.07, 6.45) is 0. The summed E-state index contributed by atoms with van der Waals surface area (Å²) in [5.74, 6) is -0.210. The zero-order chi connectivity index (χ0) is 21.0. The molecular weight excluding hydrogens is 396 g/mol. The third-order valence-electron chi connectivity index (χ3n) is 5.08. The van der Waals surface area contributed by atoms with E-state index in [-0.39, 0.29) is 35.2 Å². The summed E-state index contributed by atoms with van der Waals surface area (Å²) in [5.41, 5.74) is 0.512. The highest BCUT2D eigenvalue weighted by molar-refractivity contribution is 7.89. The Morgan fingerprint density at radius 2 is 1.86 bits per heavy atom. The van der Waals surface area contributed by atoms with E-state index in [2.05, 4.69) is 10.6 Å². The quantitative estimate of drug-likeness (QED) is 0.671. The van der Waals surface area contributed by atoms with Gasteiger partial charge in [-0.2, -0.15) is 4.31 Å². The predicted octanol–water partition coefficient (Wildman–Crippen LogP) is 0.102. The molecule has 1 aromatic rings. The van der Waals surface area contributed by atoms with E-state index >= 15 is 0 Å². The van der Waals surface area contributed by atoms with Gasteiger partial charge in [0, 0.05) is 31.9 Å². The molecule has 0 saturated carbocycles. The Morgan fingerprint density at radius 3 is 2.48 bits per heavy atom. The Labute approximate surface area is 171 Å². The second kappa shape index (κ2) is 9.21. The van der Waals surface area contributed by atoms with Crippen molar-refractivity contribution < 1.29 is 22.7 Å². The zero-order valence-electron chi connectivity index (χ0n) is 16.8. The van der Waals surface area contributed by atoms with Gasteiger partial charge in [0.15, 0.2) is 0 Å². The Balaban J connectivity index is 1.62. The van der Waals surface area contributed by atoms with Crippen molar-refractivity contribution in [3.8, 4) is 0 Å². The zero-order valence-corrected chi connectivity index (χ0v) is 17.6. The normalized spacial score (nSPS) is 21.8. The summed E-state index contributed by atoms with van der Waals surface area (Å²) >= 11 is 0. The molecule has 2 N–H and O–H groups in total. The van der Waals surface area contributed by atoms with Gasteiger partial charge in [0.25, 0.3) is 0 Å². The minimum absolute atomic E-state index is 0.0586. The second-order valence-electron chi connectivity index (χ2n) is 7.54. The van der Waals surface area contributed by atoms with Crippen LogP contribution < -0.4 is 10.6 Å². The number of sulfonamides is 1. The van der Waals surface area contributed by atoms with Crippen molar-refractivity contribution in [1.82, 2.24) is 14.5 Å². The van der Waals surface area contributed by atoms with Crippen LogP contribution in [0.5, 0.6) is 0 Å². The summed E-state index contributed by atoms with van der Waals surface area (Å²) in [6.45, 7) is 6.58. The van der Waals surface area contributed by atoms with Gasteiger partial charge < -0.3 is 15.4 Å². The van der Waals surface area contributed by atoms with Gasteiger partial charge in [-0.15, -0.1) is 0 Å². The molecule has 2 saturated heterocycles. The molecule has 0 radical (unpaired) electrons. The van der Waals surface area contributed by atoms with Crippen molar-refractivity contribution in [2.75, 3.05) is 51.3 Å². The first-order valence-electron chi connectivity index (χ1n) is 9.78. The number of amides is 2. The molecule has 2 fully saturated rings. The highest BCUT2D eigenvalue weighted by Crippen LogP contribution is 2.20. The van der Waals surface area contributed by atoms with E-state index in [1.165, 1.54) is 16.4 Å². The molecule has 0 aliphatic carbocycles. The number of rotatable bonds is 6. The van der Waals surface area contributed by atoms with Gasteiger partial charge in [-0.05, 0) is 30.2 Å². The SMILES string of the molecule is CC(C)C1C(=O)NCCN1CC(=O)Nc1ccc(S(=O)(=O)N2CCOCC2)cc1. The molecule has 0 bridgehead atoms. The first kappa shape index (κ1) is 21.7. The van der Waals surface area contributed by atoms with Gasteiger partial charge in [-0.3, -0.25) is 14.5 Å². The highest BCUT2D eigenvalue weighted by atomic mass is 32.2. The van der Waals surface area contributed by atoms with Gasteiger partial charge in [0.05, 0.1) is 30.7 Å². The third kappa shape index (κ3) is 5.13. The Bertz CT molecular complexity index is 835. The molecule has 3 rings (SSSR count). The van der Waals surface area contributed by atoms with Crippen molar-refractivity contribution in [2.45, 2.75) is 24.8 Å². The molecule has 9 nitrogen and oxygen atoms in total. The average molecular weight is 425 g/mol. The van der Waals surface area contributed by atoms with Gasteiger partial charge in [0.1, 0.15) is 0 Å². The van der Waals surface area contributed by atoms with Crippen LogP contribution in [0.1, 0.15) is 13.8 Å². The number of hydrogen-bond donors (Lipinski definition) is 2. The van der Waals surface area contributed by atoms with E-state index in [1.54, 1.807) is 12.1 Å². The fourth-order valence-corrected chi connectivity index (χ4v) is 5.07. The number of nitrogens with zero attached hydrogens (tertiary/aromatic N) is 2. The van der Waals surface area contributed by atoms with Gasteiger partial charge in [-0.25, -0.2) is 8.42 Å². The molecule has 2 heterocycles. The summed E-state index contributed by atoms with van der Waals surface area (Å²) < 4.78 is 31.9. The van der Waals surface area contributed by atoms with E-state index < -0.39 is 10.0 Å². The van der Waals surface area contributed by atoms with E-state index in [4.69, 9.17) is 4.74 Å². The number of piperazine rings is 1. The molecule has 1 aromatic carbocycles. The number of morpholine rings is 1. The van der Waals surface area contributed by atoms with E-state index in [0.717, 1.165) is 0 Å². The number of ether oxygens (including phenoxy) is 1.